The molecule has 0 bridgehead atoms. The number of rotatable bonds is 1. The van der Waals surface area contributed by atoms with Crippen LogP contribution in [0.4, 0.5) is 0 Å². The standard InChI is InChI=1S/C8H10N2O.C2H6/c1-5-4-8(6(2)11)10-7(3)9-5;1-2/h4H,1-3H3;1-2H3. The van der Waals surface area contributed by atoms with Crippen molar-refractivity contribution in [1.29, 1.82) is 0 Å². The summed E-state index contributed by atoms with van der Waals surface area (Å²) in [7, 11) is 0. The van der Waals surface area contributed by atoms with E-state index >= 15 is 0 Å². The molecule has 0 aliphatic rings. The monoisotopic (exact) mass is 180 g/mol. The van der Waals surface area contributed by atoms with E-state index < -0.39 is 0 Å². The molecule has 0 N–H and O–H groups in total. The summed E-state index contributed by atoms with van der Waals surface area (Å²) in [6.07, 6.45) is 0. The fourth-order valence-electron chi connectivity index (χ4n) is 0.897. The van der Waals surface area contributed by atoms with E-state index in [4.69, 9.17) is 0 Å². The van der Waals surface area contributed by atoms with Gasteiger partial charge in [0.15, 0.2) is 5.78 Å². The van der Waals surface area contributed by atoms with Crippen molar-refractivity contribution in [2.24, 2.45) is 0 Å². The van der Waals surface area contributed by atoms with Crippen LogP contribution in [0.25, 0.3) is 0 Å². The normalized spacial score (nSPS) is 8.69. The molecule has 1 aromatic heterocycles. The second-order valence-electron chi connectivity index (χ2n) is 2.50. The van der Waals surface area contributed by atoms with Crippen molar-refractivity contribution >= 4 is 5.78 Å². The van der Waals surface area contributed by atoms with Crippen LogP contribution in [0.5, 0.6) is 0 Å². The van der Waals surface area contributed by atoms with Gasteiger partial charge in [-0.3, -0.25) is 4.79 Å². The molecule has 0 aromatic carbocycles. The van der Waals surface area contributed by atoms with E-state index in [2.05, 4.69) is 9.97 Å². The predicted octanol–water partition coefficient (Wildman–Crippen LogP) is 2.32. The molecule has 3 heteroatoms. The fourth-order valence-corrected chi connectivity index (χ4v) is 0.897. The summed E-state index contributed by atoms with van der Waals surface area (Å²) in [4.78, 5) is 18.9. The Hall–Kier alpha value is -1.25. The molecule has 3 nitrogen and oxygen atoms in total. The van der Waals surface area contributed by atoms with Crippen LogP contribution in [-0.4, -0.2) is 15.8 Å². The number of aromatic nitrogens is 2. The minimum absolute atomic E-state index is 0.0152. The Morgan fingerprint density at radius 2 is 1.77 bits per heavy atom. The van der Waals surface area contributed by atoms with Crippen LogP contribution in [-0.2, 0) is 0 Å². The first-order valence-electron chi connectivity index (χ1n) is 4.43. The average Bonchev–Trinajstić information content (AvgIpc) is 2.06. The smallest absolute Gasteiger partial charge is 0.178 e. The van der Waals surface area contributed by atoms with Crippen molar-refractivity contribution in [2.75, 3.05) is 0 Å². The molecule has 0 aliphatic carbocycles. The third kappa shape index (κ3) is 3.78. The third-order valence-corrected chi connectivity index (χ3v) is 1.33. The number of carbonyl (C=O) groups is 1. The van der Waals surface area contributed by atoms with E-state index in [-0.39, 0.29) is 5.78 Å². The molecule has 1 aromatic rings. The zero-order valence-corrected chi connectivity index (χ0v) is 8.88. The zero-order valence-electron chi connectivity index (χ0n) is 8.88. The van der Waals surface area contributed by atoms with E-state index in [1.54, 1.807) is 13.0 Å². The van der Waals surface area contributed by atoms with Gasteiger partial charge in [0.2, 0.25) is 0 Å². The van der Waals surface area contributed by atoms with Crippen LogP contribution in [0.15, 0.2) is 6.07 Å². The summed E-state index contributed by atoms with van der Waals surface area (Å²) in [5, 5.41) is 0. The molecule has 1 rings (SSSR count). The molecule has 0 spiro atoms. The van der Waals surface area contributed by atoms with Gasteiger partial charge in [-0.15, -0.1) is 0 Å². The minimum Gasteiger partial charge on any atom is -0.293 e. The van der Waals surface area contributed by atoms with Crippen molar-refractivity contribution in [3.05, 3.63) is 23.3 Å². The van der Waals surface area contributed by atoms with Gasteiger partial charge in [0.1, 0.15) is 11.5 Å². The molecule has 72 valence electrons. The van der Waals surface area contributed by atoms with Gasteiger partial charge in [0.05, 0.1) is 0 Å². The minimum atomic E-state index is -0.0152. The highest BCUT2D eigenvalue weighted by molar-refractivity contribution is 5.92. The van der Waals surface area contributed by atoms with Crippen molar-refractivity contribution in [3.63, 3.8) is 0 Å². The Kier molecular flexibility index (Phi) is 4.89. The molecular formula is C10H16N2O. The molecule has 0 aliphatic heterocycles. The van der Waals surface area contributed by atoms with Gasteiger partial charge in [0, 0.05) is 12.6 Å². The summed E-state index contributed by atoms with van der Waals surface area (Å²) in [5.74, 6) is 0.633. The lowest BCUT2D eigenvalue weighted by Crippen LogP contribution is -2.01. The molecular weight excluding hydrogens is 164 g/mol. The van der Waals surface area contributed by atoms with Crippen LogP contribution in [0.1, 0.15) is 42.8 Å². The summed E-state index contributed by atoms with van der Waals surface area (Å²) in [6.45, 7) is 9.13. The lowest BCUT2D eigenvalue weighted by Gasteiger charge is -1.97. The highest BCUT2D eigenvalue weighted by atomic mass is 16.1. The van der Waals surface area contributed by atoms with Crippen LogP contribution >= 0.6 is 0 Å². The fraction of sp³-hybridized carbons (Fsp3) is 0.500. The lowest BCUT2D eigenvalue weighted by molar-refractivity contribution is 0.101. The molecule has 0 atom stereocenters. The number of hydrogen-bond donors (Lipinski definition) is 0. The van der Waals surface area contributed by atoms with E-state index in [9.17, 15) is 4.79 Å². The van der Waals surface area contributed by atoms with Gasteiger partial charge in [-0.05, 0) is 19.9 Å². The van der Waals surface area contributed by atoms with Crippen LogP contribution in [0, 0.1) is 13.8 Å². The SMILES string of the molecule is CC.CC(=O)c1cc(C)nc(C)n1. The quantitative estimate of drug-likeness (QED) is 0.623. The number of carbonyl (C=O) groups excluding carboxylic acids is 1. The van der Waals surface area contributed by atoms with Gasteiger partial charge < -0.3 is 0 Å². The topological polar surface area (TPSA) is 42.9 Å². The first kappa shape index (κ1) is 11.8. The maximum absolute atomic E-state index is 10.9. The average molecular weight is 180 g/mol. The zero-order chi connectivity index (χ0) is 10.4. The van der Waals surface area contributed by atoms with Gasteiger partial charge in [-0.2, -0.15) is 0 Å². The Bertz CT molecular complexity index is 275. The Morgan fingerprint density at radius 3 is 2.15 bits per heavy atom. The van der Waals surface area contributed by atoms with Crippen LogP contribution in [0.3, 0.4) is 0 Å². The summed E-state index contributed by atoms with van der Waals surface area (Å²) in [6, 6.07) is 1.69. The number of ketones is 1. The Labute approximate surface area is 79.2 Å². The highest BCUT2D eigenvalue weighted by Gasteiger charge is 2.02. The summed E-state index contributed by atoms with van der Waals surface area (Å²) < 4.78 is 0. The summed E-state index contributed by atoms with van der Waals surface area (Å²) in [5.41, 5.74) is 1.33. The molecule has 0 amide bonds. The first-order valence-corrected chi connectivity index (χ1v) is 4.43. The number of hydrogen-bond acceptors (Lipinski definition) is 3. The van der Waals surface area contributed by atoms with Crippen molar-refractivity contribution in [2.45, 2.75) is 34.6 Å². The molecule has 0 radical (unpaired) electrons. The number of Topliss-reactive ketones (excluding diaryl/α,β-unsaturated/α-hetero) is 1. The summed E-state index contributed by atoms with van der Waals surface area (Å²) >= 11 is 0. The van der Waals surface area contributed by atoms with Gasteiger partial charge >= 0.3 is 0 Å². The van der Waals surface area contributed by atoms with Crippen molar-refractivity contribution in [1.82, 2.24) is 9.97 Å². The Balaban J connectivity index is 0.000000671. The maximum atomic E-state index is 10.9. The van der Waals surface area contributed by atoms with E-state index in [0.29, 0.717) is 11.5 Å². The predicted molar refractivity (Wildman–Crippen MR) is 52.9 cm³/mol. The molecule has 0 saturated heterocycles. The maximum Gasteiger partial charge on any atom is 0.178 e. The van der Waals surface area contributed by atoms with Gasteiger partial charge in [-0.25, -0.2) is 9.97 Å². The largest absolute Gasteiger partial charge is 0.293 e. The van der Waals surface area contributed by atoms with E-state index in [0.717, 1.165) is 5.69 Å². The van der Waals surface area contributed by atoms with E-state index in [1.807, 2.05) is 20.8 Å². The lowest BCUT2D eigenvalue weighted by atomic mass is 10.2. The van der Waals surface area contributed by atoms with Gasteiger partial charge in [0.25, 0.3) is 0 Å². The Morgan fingerprint density at radius 1 is 1.23 bits per heavy atom. The third-order valence-electron chi connectivity index (χ3n) is 1.33. The second kappa shape index (κ2) is 5.41. The number of aryl methyl sites for hydroxylation is 2. The van der Waals surface area contributed by atoms with Crippen molar-refractivity contribution in [3.8, 4) is 0 Å². The van der Waals surface area contributed by atoms with Gasteiger partial charge in [-0.1, -0.05) is 13.8 Å². The van der Waals surface area contributed by atoms with E-state index in [1.165, 1.54) is 6.92 Å². The molecule has 0 unspecified atom stereocenters. The second-order valence-corrected chi connectivity index (χ2v) is 2.50. The van der Waals surface area contributed by atoms with Crippen LogP contribution < -0.4 is 0 Å². The number of nitrogens with zero attached hydrogens (tertiary/aromatic N) is 2. The van der Waals surface area contributed by atoms with Crippen molar-refractivity contribution < 1.29 is 4.79 Å². The molecule has 0 fully saturated rings. The first-order chi connectivity index (χ1) is 6.09. The van der Waals surface area contributed by atoms with Crippen LogP contribution in [0.2, 0.25) is 0 Å². The molecule has 1 heterocycles. The molecule has 0 saturated carbocycles. The molecule has 13 heavy (non-hydrogen) atoms. The highest BCUT2D eigenvalue weighted by Crippen LogP contribution is 1.99.